The van der Waals surface area contributed by atoms with Gasteiger partial charge >= 0.3 is 5.97 Å². The molecule has 0 radical (unpaired) electrons. The van der Waals surface area contributed by atoms with E-state index in [-0.39, 0.29) is 6.04 Å². The summed E-state index contributed by atoms with van der Waals surface area (Å²) in [7, 11) is 0. The van der Waals surface area contributed by atoms with Crippen LogP contribution >= 0.6 is 11.8 Å². The molecule has 1 atom stereocenters. The Balaban J connectivity index is 3.68. The minimum absolute atomic E-state index is 0.382. The van der Waals surface area contributed by atoms with Gasteiger partial charge in [0.25, 0.3) is 0 Å². The molecule has 0 aromatic heterocycles. The topological polar surface area (TPSA) is 49.3 Å². The molecule has 0 heterocycles. The standard InChI is InChI=1S/C10H21NO2S/c1-4-14-6-5-11-9(10(12)13)7-8(2)3/h8-9,11H,4-7H2,1-3H3,(H,12,13)/t9-/m1/s1. The number of carboxylic acids is 1. The van der Waals surface area contributed by atoms with Crippen LogP contribution in [-0.2, 0) is 4.79 Å². The Hall–Kier alpha value is -0.220. The molecule has 0 aromatic rings. The third-order valence-electron chi connectivity index (χ3n) is 1.85. The first-order valence-corrected chi connectivity index (χ1v) is 6.27. The molecule has 0 bridgehead atoms. The van der Waals surface area contributed by atoms with Gasteiger partial charge in [-0.25, -0.2) is 0 Å². The van der Waals surface area contributed by atoms with Crippen molar-refractivity contribution in [2.75, 3.05) is 18.1 Å². The second kappa shape index (κ2) is 8.12. The number of carbonyl (C=O) groups is 1. The van der Waals surface area contributed by atoms with Crippen LogP contribution < -0.4 is 5.32 Å². The van der Waals surface area contributed by atoms with Gasteiger partial charge in [0.05, 0.1) is 0 Å². The van der Waals surface area contributed by atoms with E-state index < -0.39 is 5.97 Å². The number of hydrogen-bond acceptors (Lipinski definition) is 3. The highest BCUT2D eigenvalue weighted by Crippen LogP contribution is 2.05. The molecule has 2 N–H and O–H groups in total. The molecule has 0 rings (SSSR count). The molecule has 0 saturated heterocycles. The average molecular weight is 219 g/mol. The minimum Gasteiger partial charge on any atom is -0.480 e. The average Bonchev–Trinajstić information content (AvgIpc) is 2.09. The molecule has 0 aliphatic heterocycles. The van der Waals surface area contributed by atoms with Crippen molar-refractivity contribution in [3.05, 3.63) is 0 Å². The van der Waals surface area contributed by atoms with Crippen molar-refractivity contribution < 1.29 is 9.90 Å². The zero-order chi connectivity index (χ0) is 11.0. The van der Waals surface area contributed by atoms with E-state index >= 15 is 0 Å². The fourth-order valence-corrected chi connectivity index (χ4v) is 1.74. The summed E-state index contributed by atoms with van der Waals surface area (Å²) in [5, 5.41) is 12.0. The van der Waals surface area contributed by atoms with Crippen LogP contribution in [0, 0.1) is 5.92 Å². The maximum absolute atomic E-state index is 10.8. The maximum atomic E-state index is 10.8. The number of nitrogens with one attached hydrogen (secondary N) is 1. The van der Waals surface area contributed by atoms with E-state index in [1.807, 2.05) is 25.6 Å². The van der Waals surface area contributed by atoms with E-state index in [4.69, 9.17) is 5.11 Å². The summed E-state index contributed by atoms with van der Waals surface area (Å²) >= 11 is 1.83. The van der Waals surface area contributed by atoms with Crippen LogP contribution in [0.2, 0.25) is 0 Å². The molecule has 3 nitrogen and oxygen atoms in total. The van der Waals surface area contributed by atoms with E-state index in [2.05, 4.69) is 12.2 Å². The van der Waals surface area contributed by atoms with Crippen LogP contribution in [0.25, 0.3) is 0 Å². The molecule has 0 aliphatic rings. The molecule has 0 unspecified atom stereocenters. The highest BCUT2D eigenvalue weighted by Gasteiger charge is 2.17. The van der Waals surface area contributed by atoms with Crippen molar-refractivity contribution >= 4 is 17.7 Å². The van der Waals surface area contributed by atoms with E-state index in [0.717, 1.165) is 18.1 Å². The number of rotatable bonds is 8. The lowest BCUT2D eigenvalue weighted by Gasteiger charge is -2.15. The number of aliphatic carboxylic acids is 1. The van der Waals surface area contributed by atoms with Gasteiger partial charge in [-0.15, -0.1) is 0 Å². The number of thioether (sulfide) groups is 1. The summed E-state index contributed by atoms with van der Waals surface area (Å²) in [6, 6.07) is -0.382. The van der Waals surface area contributed by atoms with Gasteiger partial charge in [0, 0.05) is 12.3 Å². The van der Waals surface area contributed by atoms with E-state index in [0.29, 0.717) is 12.3 Å². The van der Waals surface area contributed by atoms with Crippen LogP contribution in [0.3, 0.4) is 0 Å². The Kier molecular flexibility index (Phi) is 7.99. The molecule has 84 valence electrons. The summed E-state index contributed by atoms with van der Waals surface area (Å²) in [6.07, 6.45) is 0.701. The van der Waals surface area contributed by atoms with Gasteiger partial charge in [0.15, 0.2) is 0 Å². The van der Waals surface area contributed by atoms with Gasteiger partial charge in [-0.05, 0) is 18.1 Å². The highest BCUT2D eigenvalue weighted by molar-refractivity contribution is 7.99. The fraction of sp³-hybridized carbons (Fsp3) is 0.900. The largest absolute Gasteiger partial charge is 0.480 e. The SMILES string of the molecule is CCSCCN[C@H](CC(C)C)C(=O)O. The van der Waals surface area contributed by atoms with E-state index in [1.165, 1.54) is 0 Å². The summed E-state index contributed by atoms with van der Waals surface area (Å²) in [5.74, 6) is 1.75. The predicted octanol–water partition coefficient (Wildman–Crippen LogP) is 1.83. The third-order valence-corrected chi connectivity index (χ3v) is 2.75. The smallest absolute Gasteiger partial charge is 0.320 e. The Labute approximate surface area is 90.7 Å². The minimum atomic E-state index is -0.736. The molecular weight excluding hydrogens is 198 g/mol. The lowest BCUT2D eigenvalue weighted by molar-refractivity contribution is -0.139. The third kappa shape index (κ3) is 7.21. The quantitative estimate of drug-likeness (QED) is 0.611. The van der Waals surface area contributed by atoms with E-state index in [1.54, 1.807) is 0 Å². The lowest BCUT2D eigenvalue weighted by atomic mass is 10.0. The van der Waals surface area contributed by atoms with Crippen molar-refractivity contribution in [2.45, 2.75) is 33.2 Å². The van der Waals surface area contributed by atoms with Crippen molar-refractivity contribution in [3.63, 3.8) is 0 Å². The van der Waals surface area contributed by atoms with Crippen LogP contribution in [0.4, 0.5) is 0 Å². The van der Waals surface area contributed by atoms with Gasteiger partial charge in [-0.1, -0.05) is 20.8 Å². The Bertz CT molecular complexity index is 162. The molecule has 0 amide bonds. The maximum Gasteiger partial charge on any atom is 0.320 e. The molecule has 0 aromatic carbocycles. The predicted molar refractivity (Wildman–Crippen MR) is 61.9 cm³/mol. The molecule has 0 aliphatic carbocycles. The Morgan fingerprint density at radius 3 is 2.57 bits per heavy atom. The van der Waals surface area contributed by atoms with Gasteiger partial charge in [0.2, 0.25) is 0 Å². The van der Waals surface area contributed by atoms with Crippen molar-refractivity contribution in [1.29, 1.82) is 0 Å². The second-order valence-electron chi connectivity index (χ2n) is 3.67. The zero-order valence-electron chi connectivity index (χ0n) is 9.25. The van der Waals surface area contributed by atoms with Crippen molar-refractivity contribution in [1.82, 2.24) is 5.32 Å². The van der Waals surface area contributed by atoms with Gasteiger partial charge in [0.1, 0.15) is 6.04 Å². The summed E-state index contributed by atoms with van der Waals surface area (Å²) in [4.78, 5) is 10.8. The van der Waals surface area contributed by atoms with Crippen LogP contribution in [-0.4, -0.2) is 35.2 Å². The zero-order valence-corrected chi connectivity index (χ0v) is 10.1. The first-order chi connectivity index (χ1) is 6.57. The van der Waals surface area contributed by atoms with Gasteiger partial charge < -0.3 is 10.4 Å². The van der Waals surface area contributed by atoms with Crippen molar-refractivity contribution in [2.24, 2.45) is 5.92 Å². The monoisotopic (exact) mass is 219 g/mol. The summed E-state index contributed by atoms with van der Waals surface area (Å²) < 4.78 is 0. The van der Waals surface area contributed by atoms with E-state index in [9.17, 15) is 4.79 Å². The molecular formula is C10H21NO2S. The molecule has 0 fully saturated rings. The Morgan fingerprint density at radius 2 is 2.14 bits per heavy atom. The Morgan fingerprint density at radius 1 is 1.50 bits per heavy atom. The summed E-state index contributed by atoms with van der Waals surface area (Å²) in [5.41, 5.74) is 0. The highest BCUT2D eigenvalue weighted by atomic mass is 32.2. The van der Waals surface area contributed by atoms with Gasteiger partial charge in [-0.3, -0.25) is 4.79 Å². The summed E-state index contributed by atoms with van der Waals surface area (Å²) in [6.45, 7) is 6.96. The second-order valence-corrected chi connectivity index (χ2v) is 5.07. The molecule has 4 heteroatoms. The van der Waals surface area contributed by atoms with Crippen molar-refractivity contribution in [3.8, 4) is 0 Å². The van der Waals surface area contributed by atoms with Crippen LogP contribution in [0.5, 0.6) is 0 Å². The molecule has 14 heavy (non-hydrogen) atoms. The molecule has 0 spiro atoms. The van der Waals surface area contributed by atoms with Gasteiger partial charge in [-0.2, -0.15) is 11.8 Å². The first kappa shape index (κ1) is 13.8. The number of hydrogen-bond donors (Lipinski definition) is 2. The van der Waals surface area contributed by atoms with Crippen LogP contribution in [0.15, 0.2) is 0 Å². The normalized spacial score (nSPS) is 13.1. The number of carboxylic acid groups (broad SMARTS) is 1. The lowest BCUT2D eigenvalue weighted by Crippen LogP contribution is -2.38. The fourth-order valence-electron chi connectivity index (χ4n) is 1.19. The first-order valence-electron chi connectivity index (χ1n) is 5.11. The molecule has 0 saturated carbocycles. The van der Waals surface area contributed by atoms with Crippen LogP contribution in [0.1, 0.15) is 27.2 Å².